The van der Waals surface area contributed by atoms with Crippen molar-refractivity contribution in [2.45, 2.75) is 0 Å². The lowest BCUT2D eigenvalue weighted by Crippen LogP contribution is -2.58. The summed E-state index contributed by atoms with van der Waals surface area (Å²) in [4.78, 5) is 0. The Labute approximate surface area is 59.7 Å². The Balaban J connectivity index is 3.44. The topological polar surface area (TPSA) is 23.2 Å². The van der Waals surface area contributed by atoms with E-state index in [0.29, 0.717) is 0 Å². The fourth-order valence-corrected chi connectivity index (χ4v) is 0.502. The van der Waals surface area contributed by atoms with Crippen LogP contribution < -0.4 is 4.40 Å². The largest absolute Gasteiger partial charge is 0.333 e. The third-order valence-electron chi connectivity index (χ3n) is 0.638. The molecule has 0 aliphatic heterocycles. The van der Waals surface area contributed by atoms with Crippen molar-refractivity contribution in [1.82, 2.24) is 0 Å². The van der Waals surface area contributed by atoms with Crippen LogP contribution in [0.2, 0.25) is 0 Å². The standard InChI is InChI=1S/C6H9NOS/c1-4-6(2)5-7-9-8-3/h4-5H,1-2H2,3H3/p+1/b7-5+. The fourth-order valence-electron chi connectivity index (χ4n) is 0.207. The summed E-state index contributed by atoms with van der Waals surface area (Å²) in [6.07, 6.45) is 3.37. The van der Waals surface area contributed by atoms with Gasteiger partial charge >= 0.3 is 12.2 Å². The molecular weight excluding hydrogens is 134 g/mol. The Hall–Kier alpha value is -0.540. The molecule has 0 aliphatic rings. The molecule has 2 nitrogen and oxygen atoms in total. The molecule has 0 atom stereocenters. The molecule has 9 heavy (non-hydrogen) atoms. The highest BCUT2D eigenvalue weighted by molar-refractivity contribution is 7.87. The van der Waals surface area contributed by atoms with Gasteiger partial charge in [0.1, 0.15) is 0 Å². The molecule has 1 N–H and O–H groups in total. The van der Waals surface area contributed by atoms with Crippen molar-refractivity contribution in [3.05, 3.63) is 24.8 Å². The highest BCUT2D eigenvalue weighted by Crippen LogP contribution is 1.80. The van der Waals surface area contributed by atoms with Crippen LogP contribution in [0.3, 0.4) is 0 Å². The van der Waals surface area contributed by atoms with Crippen molar-refractivity contribution < 1.29 is 8.58 Å². The molecule has 50 valence electrons. The number of rotatable bonds is 4. The summed E-state index contributed by atoms with van der Waals surface area (Å²) in [5.41, 5.74) is 0.833. The summed E-state index contributed by atoms with van der Waals surface area (Å²) in [7, 11) is 1.59. The van der Waals surface area contributed by atoms with Crippen LogP contribution in [0.5, 0.6) is 0 Å². The predicted molar refractivity (Wildman–Crippen MR) is 41.0 cm³/mol. The van der Waals surface area contributed by atoms with Crippen LogP contribution in [0.25, 0.3) is 0 Å². The molecular formula is C6H10NOS+. The lowest BCUT2D eigenvalue weighted by atomic mass is 10.3. The first kappa shape index (κ1) is 8.46. The molecule has 0 aliphatic carbocycles. The molecule has 0 saturated carbocycles. The van der Waals surface area contributed by atoms with Crippen LogP contribution in [-0.2, 0) is 4.18 Å². The molecule has 0 heterocycles. The maximum absolute atomic E-state index is 4.64. The molecule has 0 fully saturated rings. The summed E-state index contributed by atoms with van der Waals surface area (Å²) < 4.78 is 7.42. The Morgan fingerprint density at radius 1 is 1.78 bits per heavy atom. The minimum Gasteiger partial charge on any atom is -0.262 e. The summed E-state index contributed by atoms with van der Waals surface area (Å²) in [5, 5.41) is 0. The van der Waals surface area contributed by atoms with Gasteiger partial charge in [-0.1, -0.05) is 19.2 Å². The van der Waals surface area contributed by atoms with Crippen molar-refractivity contribution >= 4 is 18.4 Å². The van der Waals surface area contributed by atoms with Crippen molar-refractivity contribution in [1.29, 1.82) is 0 Å². The summed E-state index contributed by atoms with van der Waals surface area (Å²) in [6, 6.07) is 0. The zero-order chi connectivity index (χ0) is 7.11. The molecule has 0 radical (unpaired) electrons. The summed E-state index contributed by atoms with van der Waals surface area (Å²) >= 11 is 1.14. The first-order valence-corrected chi connectivity index (χ1v) is 3.15. The quantitative estimate of drug-likeness (QED) is 0.261. The Bertz CT molecular complexity index is 131. The zero-order valence-electron chi connectivity index (χ0n) is 5.39. The van der Waals surface area contributed by atoms with Crippen molar-refractivity contribution in [3.8, 4) is 0 Å². The molecule has 0 saturated heterocycles. The smallest absolute Gasteiger partial charge is 0.262 e. The van der Waals surface area contributed by atoms with E-state index in [-0.39, 0.29) is 0 Å². The van der Waals surface area contributed by atoms with Crippen LogP contribution in [0.15, 0.2) is 24.8 Å². The molecule has 0 amide bonds. The Morgan fingerprint density at radius 2 is 2.44 bits per heavy atom. The Morgan fingerprint density at radius 3 is 2.89 bits per heavy atom. The molecule has 0 spiro atoms. The van der Waals surface area contributed by atoms with Gasteiger partial charge in [-0.05, 0) is 0 Å². The van der Waals surface area contributed by atoms with Crippen LogP contribution in [0, 0.1) is 0 Å². The minimum atomic E-state index is 0.833. The van der Waals surface area contributed by atoms with Gasteiger partial charge in [-0.3, -0.25) is 4.18 Å². The minimum absolute atomic E-state index is 0.833. The van der Waals surface area contributed by atoms with E-state index in [4.69, 9.17) is 0 Å². The normalized spacial score (nSPS) is 9.89. The van der Waals surface area contributed by atoms with E-state index >= 15 is 0 Å². The number of hydrogen-bond donors (Lipinski definition) is 1. The van der Waals surface area contributed by atoms with Gasteiger partial charge in [0.05, 0.1) is 7.11 Å². The second-order valence-electron chi connectivity index (χ2n) is 1.29. The van der Waals surface area contributed by atoms with E-state index < -0.39 is 0 Å². The van der Waals surface area contributed by atoms with E-state index in [0.717, 1.165) is 17.8 Å². The monoisotopic (exact) mass is 144 g/mol. The van der Waals surface area contributed by atoms with Gasteiger partial charge < -0.3 is 0 Å². The third-order valence-corrected chi connectivity index (χ3v) is 1.02. The number of allylic oxidation sites excluding steroid dienone is 2. The van der Waals surface area contributed by atoms with E-state index in [1.54, 1.807) is 19.4 Å². The van der Waals surface area contributed by atoms with E-state index in [1.165, 1.54) is 0 Å². The third kappa shape index (κ3) is 5.33. The molecule has 0 aromatic carbocycles. The first-order valence-electron chi connectivity index (χ1n) is 2.41. The molecule has 3 heteroatoms. The van der Waals surface area contributed by atoms with Crippen LogP contribution in [0.4, 0.5) is 0 Å². The number of hydrogen-bond acceptors (Lipinski definition) is 2. The van der Waals surface area contributed by atoms with Crippen molar-refractivity contribution in [2.75, 3.05) is 7.11 Å². The molecule has 0 aromatic heterocycles. The first-order chi connectivity index (χ1) is 4.31. The van der Waals surface area contributed by atoms with Crippen molar-refractivity contribution in [3.63, 3.8) is 0 Å². The van der Waals surface area contributed by atoms with Crippen molar-refractivity contribution in [2.24, 2.45) is 0 Å². The van der Waals surface area contributed by atoms with Gasteiger partial charge in [0, 0.05) is 5.57 Å². The fraction of sp³-hybridized carbons (Fsp3) is 0.167. The van der Waals surface area contributed by atoms with Gasteiger partial charge in [-0.2, -0.15) is 4.40 Å². The zero-order valence-corrected chi connectivity index (χ0v) is 6.20. The van der Waals surface area contributed by atoms with Crippen LogP contribution >= 0.6 is 12.2 Å². The summed E-state index contributed by atoms with van der Waals surface area (Å²) in [5.74, 6) is 0. The van der Waals surface area contributed by atoms with E-state index in [9.17, 15) is 0 Å². The van der Waals surface area contributed by atoms with Gasteiger partial charge in [0.25, 0.3) is 0 Å². The van der Waals surface area contributed by atoms with E-state index in [2.05, 4.69) is 21.7 Å². The van der Waals surface area contributed by atoms with Gasteiger partial charge in [0.15, 0.2) is 6.21 Å². The van der Waals surface area contributed by atoms with Crippen LogP contribution in [-0.4, -0.2) is 13.3 Å². The maximum Gasteiger partial charge on any atom is 0.333 e. The van der Waals surface area contributed by atoms with Crippen LogP contribution in [0.1, 0.15) is 0 Å². The molecule has 0 bridgehead atoms. The molecule has 0 unspecified atom stereocenters. The predicted octanol–water partition coefficient (Wildman–Crippen LogP) is 0.0896. The second-order valence-corrected chi connectivity index (χ2v) is 2.03. The SMILES string of the molecule is C=CC(=C)/C=[NH+]/SOC. The second kappa shape index (κ2) is 5.59. The summed E-state index contributed by atoms with van der Waals surface area (Å²) in [6.45, 7) is 7.16. The number of nitrogens with one attached hydrogen (secondary N) is 1. The average Bonchev–Trinajstić information content (AvgIpc) is 1.89. The van der Waals surface area contributed by atoms with Gasteiger partial charge in [-0.15, -0.1) is 0 Å². The molecule has 0 aromatic rings. The lowest BCUT2D eigenvalue weighted by Gasteiger charge is -1.77. The lowest BCUT2D eigenvalue weighted by molar-refractivity contribution is -0.247. The van der Waals surface area contributed by atoms with E-state index in [1.807, 2.05) is 0 Å². The maximum atomic E-state index is 4.64. The van der Waals surface area contributed by atoms with Gasteiger partial charge in [-0.25, -0.2) is 0 Å². The highest BCUT2D eigenvalue weighted by Gasteiger charge is 1.85. The molecule has 0 rings (SSSR count). The Kier molecular flexibility index (Phi) is 5.26. The average molecular weight is 144 g/mol. The highest BCUT2D eigenvalue weighted by atomic mass is 32.2. The van der Waals surface area contributed by atoms with Gasteiger partial charge in [0.2, 0.25) is 0 Å².